The normalized spacial score (nSPS) is 9.69. The number of hydrogen-bond donors (Lipinski definition) is 3. The van der Waals surface area contributed by atoms with Crippen LogP contribution >= 0.6 is 0 Å². The summed E-state index contributed by atoms with van der Waals surface area (Å²) in [6, 6.07) is 40.7. The lowest BCUT2D eigenvalue weighted by molar-refractivity contribution is 0.341. The van der Waals surface area contributed by atoms with Crippen LogP contribution in [0, 0.1) is 0 Å². The van der Waals surface area contributed by atoms with Gasteiger partial charge in [0.05, 0.1) is 19.8 Å². The molecule has 0 amide bonds. The molecule has 0 aliphatic rings. The molecule has 0 unspecified atom stereocenters. The van der Waals surface area contributed by atoms with Crippen LogP contribution in [0.1, 0.15) is 156 Å². The summed E-state index contributed by atoms with van der Waals surface area (Å²) in [5.41, 5.74) is 10.3. The quantitative estimate of drug-likeness (QED) is 0.0821. The van der Waals surface area contributed by atoms with Crippen LogP contribution in [0.4, 0.5) is 0 Å². The van der Waals surface area contributed by atoms with Crippen molar-refractivity contribution in [1.82, 2.24) is 0 Å². The van der Waals surface area contributed by atoms with Crippen LogP contribution in [0.2, 0.25) is 0 Å². The van der Waals surface area contributed by atoms with E-state index in [2.05, 4.69) is 138 Å². The predicted octanol–water partition coefficient (Wildman–Crippen LogP) is 18.6. The zero-order valence-corrected chi connectivity index (χ0v) is 44.8. The Morgan fingerprint density at radius 2 is 0.882 bits per heavy atom. The second kappa shape index (κ2) is 57.8. The highest BCUT2D eigenvalue weighted by atomic mass is 16.3. The van der Waals surface area contributed by atoms with Crippen molar-refractivity contribution >= 4 is 12.2 Å². The van der Waals surface area contributed by atoms with Crippen LogP contribution in [0.15, 0.2) is 206 Å². The zero-order chi connectivity index (χ0) is 51.7. The molecule has 0 saturated heterocycles. The summed E-state index contributed by atoms with van der Waals surface area (Å²) in [6.07, 6.45) is 31.5. The minimum Gasteiger partial charge on any atom is -0.392 e. The standard InChI is InChI=1S/C11H14O.C10H18O.C10H12.C9H10O.C9H16.C8H8.C5H12.C3H8/c12-10-6-2-5-9-11-7-3-1-4-8-11;1-9(2)5-4-6-10(3)7-8-11;1-2-3-7-10-8-5-4-6-9-10;10-8-4-7-9-5-2-1-3-6-9;1-8(2)6-5-7-9(3)4;1-2-8-6-4-3-5-7-8;1-3-5-4-2;1-3-2/h1-4,6-8,12H,5,9-10H2;5,7,11H,4,6,8H2,1-3H3;2,4-6,8-9H,1,3,7H2;1-7,10H,8H2;7H,1,5-6H2,2-4H3;2-7H,1H2;3-5H2,1-2H3;3H2,1-2H3/b6-2+;10-7+;;7-4+;;;;. The highest BCUT2D eigenvalue weighted by Crippen LogP contribution is 2.07. The van der Waals surface area contributed by atoms with E-state index < -0.39 is 0 Å². The van der Waals surface area contributed by atoms with Crippen LogP contribution < -0.4 is 0 Å². The van der Waals surface area contributed by atoms with Gasteiger partial charge in [-0.1, -0.05) is 258 Å². The summed E-state index contributed by atoms with van der Waals surface area (Å²) in [6.45, 7) is 32.8. The van der Waals surface area contributed by atoms with Gasteiger partial charge in [-0.05, 0) is 115 Å². The van der Waals surface area contributed by atoms with Gasteiger partial charge in [-0.25, -0.2) is 0 Å². The Labute approximate surface area is 419 Å². The number of aliphatic hydroxyl groups is 3. The van der Waals surface area contributed by atoms with Crippen molar-refractivity contribution in [3.63, 3.8) is 0 Å². The molecule has 4 aromatic carbocycles. The number of rotatable bonds is 19. The molecule has 0 atom stereocenters. The Bertz CT molecular complexity index is 1790. The fraction of sp³-hybridized carbons (Fsp3) is 0.385. The third-order valence-corrected chi connectivity index (χ3v) is 8.81. The van der Waals surface area contributed by atoms with Gasteiger partial charge in [-0.2, -0.15) is 0 Å². The van der Waals surface area contributed by atoms with Gasteiger partial charge in [-0.15, -0.1) is 13.2 Å². The molecule has 0 aliphatic heterocycles. The highest BCUT2D eigenvalue weighted by molar-refractivity contribution is 5.48. The minimum absolute atomic E-state index is 0.106. The monoisotopic (exact) mass is 927 g/mol. The number of allylic oxidation sites excluding steroid dienone is 8. The fourth-order valence-electron chi connectivity index (χ4n) is 5.15. The molecule has 0 heterocycles. The fourth-order valence-corrected chi connectivity index (χ4v) is 5.15. The predicted molar refractivity (Wildman–Crippen MR) is 309 cm³/mol. The highest BCUT2D eigenvalue weighted by Gasteiger charge is 1.89. The Kier molecular flexibility index (Phi) is 58.9. The molecule has 3 nitrogen and oxygen atoms in total. The summed E-state index contributed by atoms with van der Waals surface area (Å²) in [5, 5.41) is 25.5. The molecule has 0 saturated carbocycles. The van der Waals surface area contributed by atoms with Gasteiger partial charge in [0.15, 0.2) is 0 Å². The molecule has 0 fully saturated rings. The van der Waals surface area contributed by atoms with Crippen molar-refractivity contribution in [2.45, 2.75) is 146 Å². The summed E-state index contributed by atoms with van der Waals surface area (Å²) < 4.78 is 0. The first-order valence-electron chi connectivity index (χ1n) is 25.0. The van der Waals surface area contributed by atoms with Gasteiger partial charge < -0.3 is 15.3 Å². The molecule has 4 aromatic rings. The number of aryl methyl sites for hydroxylation is 2. The molecular formula is C65H98O3. The minimum atomic E-state index is 0.106. The van der Waals surface area contributed by atoms with Gasteiger partial charge in [-0.3, -0.25) is 0 Å². The molecule has 0 aromatic heterocycles. The van der Waals surface area contributed by atoms with Gasteiger partial charge in [0.25, 0.3) is 0 Å². The van der Waals surface area contributed by atoms with Crippen molar-refractivity contribution in [3.8, 4) is 0 Å². The van der Waals surface area contributed by atoms with Crippen molar-refractivity contribution in [2.75, 3.05) is 19.8 Å². The van der Waals surface area contributed by atoms with Crippen LogP contribution in [-0.4, -0.2) is 35.1 Å². The second-order valence-electron chi connectivity index (χ2n) is 16.5. The van der Waals surface area contributed by atoms with E-state index in [0.29, 0.717) is 0 Å². The molecule has 0 bridgehead atoms. The molecular weight excluding hydrogens is 829 g/mol. The first kappa shape index (κ1) is 69.3. The van der Waals surface area contributed by atoms with E-state index in [9.17, 15) is 0 Å². The third-order valence-electron chi connectivity index (χ3n) is 8.81. The van der Waals surface area contributed by atoms with Gasteiger partial charge in [0.1, 0.15) is 0 Å². The molecule has 376 valence electrons. The Hall–Kier alpha value is -5.32. The van der Waals surface area contributed by atoms with E-state index in [0.717, 1.165) is 56.9 Å². The van der Waals surface area contributed by atoms with E-state index in [4.69, 9.17) is 15.3 Å². The molecule has 0 radical (unpaired) electrons. The van der Waals surface area contributed by atoms with Crippen molar-refractivity contribution in [3.05, 3.63) is 228 Å². The zero-order valence-electron chi connectivity index (χ0n) is 44.8. The smallest absolute Gasteiger partial charge is 0.0615 e. The average Bonchev–Trinajstić information content (AvgIpc) is 3.34. The second-order valence-corrected chi connectivity index (χ2v) is 16.5. The first-order valence-corrected chi connectivity index (χ1v) is 25.0. The summed E-state index contributed by atoms with van der Waals surface area (Å²) in [4.78, 5) is 0. The Morgan fingerprint density at radius 1 is 0.471 bits per heavy atom. The summed E-state index contributed by atoms with van der Waals surface area (Å²) in [7, 11) is 0. The molecule has 0 spiro atoms. The van der Waals surface area contributed by atoms with E-state index in [-0.39, 0.29) is 19.8 Å². The largest absolute Gasteiger partial charge is 0.392 e. The molecule has 0 aliphatic carbocycles. The van der Waals surface area contributed by atoms with E-state index in [1.807, 2.05) is 115 Å². The Morgan fingerprint density at radius 3 is 1.22 bits per heavy atom. The SMILES string of the molecule is C=C(C)CCC=C(C)C.C=CCCc1ccccc1.C=Cc1ccccc1.CC(C)=CCC/C(C)=C/CO.CCC.CCCCC.OC/C=C/CCc1ccccc1.OC/C=C/c1ccccc1. The van der Waals surface area contributed by atoms with Crippen LogP contribution in [0.3, 0.4) is 0 Å². The summed E-state index contributed by atoms with van der Waals surface area (Å²) >= 11 is 0. The number of aliphatic hydroxyl groups excluding tert-OH is 3. The number of hydrogen-bond acceptors (Lipinski definition) is 3. The molecule has 3 N–H and O–H groups in total. The van der Waals surface area contributed by atoms with E-state index in [1.165, 1.54) is 64.7 Å². The van der Waals surface area contributed by atoms with Crippen molar-refractivity contribution in [2.24, 2.45) is 0 Å². The molecule has 3 heteroatoms. The van der Waals surface area contributed by atoms with E-state index >= 15 is 0 Å². The summed E-state index contributed by atoms with van der Waals surface area (Å²) in [5.74, 6) is 0. The Balaban J connectivity index is -0.000000351. The maximum absolute atomic E-state index is 8.55. The van der Waals surface area contributed by atoms with Crippen molar-refractivity contribution in [1.29, 1.82) is 0 Å². The van der Waals surface area contributed by atoms with Crippen LogP contribution in [-0.2, 0) is 12.8 Å². The van der Waals surface area contributed by atoms with Crippen LogP contribution in [0.5, 0.6) is 0 Å². The first-order chi connectivity index (χ1) is 32.8. The van der Waals surface area contributed by atoms with E-state index in [1.54, 1.807) is 12.2 Å². The lowest BCUT2D eigenvalue weighted by atomic mass is 10.1. The van der Waals surface area contributed by atoms with Gasteiger partial charge in [0.2, 0.25) is 0 Å². The van der Waals surface area contributed by atoms with Crippen molar-refractivity contribution < 1.29 is 15.3 Å². The lowest BCUT2D eigenvalue weighted by Crippen LogP contribution is -1.81. The van der Waals surface area contributed by atoms with Crippen LogP contribution in [0.25, 0.3) is 12.2 Å². The maximum Gasteiger partial charge on any atom is 0.0615 e. The third kappa shape index (κ3) is 60.7. The van der Waals surface area contributed by atoms with Gasteiger partial charge in [0, 0.05) is 0 Å². The van der Waals surface area contributed by atoms with Gasteiger partial charge >= 0.3 is 0 Å². The lowest BCUT2D eigenvalue weighted by Gasteiger charge is -1.96. The topological polar surface area (TPSA) is 60.7 Å². The molecule has 68 heavy (non-hydrogen) atoms. The number of benzene rings is 4. The molecule has 4 rings (SSSR count). The maximum atomic E-state index is 8.55. The number of unbranched alkanes of at least 4 members (excludes halogenated alkanes) is 2. The average molecular weight is 927 g/mol.